The molecular formula is C18H23IN6O2. The Labute approximate surface area is 175 Å². The van der Waals surface area contributed by atoms with E-state index in [4.69, 9.17) is 15.2 Å². The zero-order valence-corrected chi connectivity index (χ0v) is 17.2. The molecule has 9 heteroatoms. The van der Waals surface area contributed by atoms with Crippen LogP contribution in [0.5, 0.6) is 11.5 Å². The number of ether oxygens (including phenoxy) is 2. The Morgan fingerprint density at radius 1 is 1.07 bits per heavy atom. The summed E-state index contributed by atoms with van der Waals surface area (Å²) in [6.45, 7) is 4.17. The Morgan fingerprint density at radius 3 is 2.52 bits per heavy atom. The van der Waals surface area contributed by atoms with Crippen molar-refractivity contribution in [3.8, 4) is 11.5 Å². The zero-order valence-electron chi connectivity index (χ0n) is 14.9. The van der Waals surface area contributed by atoms with E-state index in [2.05, 4.69) is 24.8 Å². The number of aliphatic imine (C=N–C) groups is 1. The molecular weight excluding hydrogens is 459 g/mol. The van der Waals surface area contributed by atoms with Crippen molar-refractivity contribution in [1.82, 2.24) is 14.9 Å². The molecule has 144 valence electrons. The molecule has 1 atom stereocenters. The fraction of sp³-hybridized carbons (Fsp3) is 0.389. The minimum atomic E-state index is -0.123. The summed E-state index contributed by atoms with van der Waals surface area (Å²) in [4.78, 5) is 17.3. The van der Waals surface area contributed by atoms with E-state index in [0.717, 1.165) is 43.6 Å². The summed E-state index contributed by atoms with van der Waals surface area (Å²) in [7, 11) is 0. The second-order valence-electron chi connectivity index (χ2n) is 6.22. The van der Waals surface area contributed by atoms with Gasteiger partial charge in [0.2, 0.25) is 5.95 Å². The SMILES string of the molecule is I.NC(=NCC1COc2ccccc2O1)N1CCN(c2ncccn2)CC1. The Morgan fingerprint density at radius 2 is 1.78 bits per heavy atom. The molecule has 1 aromatic carbocycles. The zero-order chi connectivity index (χ0) is 17.8. The topological polar surface area (TPSA) is 89.1 Å². The monoisotopic (exact) mass is 482 g/mol. The van der Waals surface area contributed by atoms with Crippen LogP contribution < -0.4 is 20.1 Å². The van der Waals surface area contributed by atoms with Crippen molar-refractivity contribution < 1.29 is 9.47 Å². The van der Waals surface area contributed by atoms with E-state index in [-0.39, 0.29) is 30.1 Å². The van der Waals surface area contributed by atoms with Crippen molar-refractivity contribution in [3.05, 3.63) is 42.7 Å². The van der Waals surface area contributed by atoms with Gasteiger partial charge in [-0.15, -0.1) is 24.0 Å². The van der Waals surface area contributed by atoms with Crippen LogP contribution in [0.4, 0.5) is 5.95 Å². The molecule has 3 heterocycles. The second kappa shape index (κ2) is 9.07. The van der Waals surface area contributed by atoms with Crippen LogP contribution in [-0.4, -0.2) is 66.3 Å². The van der Waals surface area contributed by atoms with E-state index in [0.29, 0.717) is 19.1 Å². The van der Waals surface area contributed by atoms with Gasteiger partial charge in [-0.25, -0.2) is 15.0 Å². The minimum absolute atomic E-state index is 0. The van der Waals surface area contributed by atoms with Crippen LogP contribution in [0.2, 0.25) is 0 Å². The number of halogens is 1. The minimum Gasteiger partial charge on any atom is -0.486 e. The normalized spacial score (nSPS) is 19.4. The standard InChI is InChI=1S/C18H22N6O2.HI/c19-17(22-12-14-13-25-15-4-1-2-5-16(15)26-14)23-8-10-24(11-9-23)18-20-6-3-7-21-18;/h1-7,14H,8-13H2,(H2,19,22);1H. The number of fused-ring (bicyclic) bond motifs is 1. The largest absolute Gasteiger partial charge is 0.486 e. The fourth-order valence-corrected chi connectivity index (χ4v) is 3.04. The first-order chi connectivity index (χ1) is 12.8. The van der Waals surface area contributed by atoms with Gasteiger partial charge in [-0.1, -0.05) is 12.1 Å². The Hall–Kier alpha value is -2.30. The lowest BCUT2D eigenvalue weighted by Gasteiger charge is -2.35. The third-order valence-corrected chi connectivity index (χ3v) is 4.46. The highest BCUT2D eigenvalue weighted by Crippen LogP contribution is 2.30. The number of anilines is 1. The van der Waals surface area contributed by atoms with E-state index >= 15 is 0 Å². The molecule has 0 aliphatic carbocycles. The first kappa shape index (κ1) is 19.5. The van der Waals surface area contributed by atoms with E-state index in [1.54, 1.807) is 12.4 Å². The van der Waals surface area contributed by atoms with Crippen molar-refractivity contribution in [1.29, 1.82) is 0 Å². The van der Waals surface area contributed by atoms with E-state index < -0.39 is 0 Å². The number of hydrogen-bond donors (Lipinski definition) is 1. The summed E-state index contributed by atoms with van der Waals surface area (Å²) < 4.78 is 11.6. The van der Waals surface area contributed by atoms with E-state index in [1.807, 2.05) is 30.3 Å². The van der Waals surface area contributed by atoms with Gasteiger partial charge in [0.15, 0.2) is 23.6 Å². The van der Waals surface area contributed by atoms with Crippen LogP contribution in [0.3, 0.4) is 0 Å². The van der Waals surface area contributed by atoms with Crippen molar-refractivity contribution >= 4 is 35.9 Å². The Kier molecular flexibility index (Phi) is 6.54. The molecule has 0 radical (unpaired) electrons. The quantitative estimate of drug-likeness (QED) is 0.402. The van der Waals surface area contributed by atoms with Crippen LogP contribution in [0.1, 0.15) is 0 Å². The third kappa shape index (κ3) is 4.71. The van der Waals surface area contributed by atoms with Gasteiger partial charge in [-0.05, 0) is 18.2 Å². The maximum absolute atomic E-state index is 6.17. The number of guanidine groups is 1. The molecule has 27 heavy (non-hydrogen) atoms. The van der Waals surface area contributed by atoms with Crippen molar-refractivity contribution in [2.24, 2.45) is 10.7 Å². The van der Waals surface area contributed by atoms with Gasteiger partial charge in [-0.2, -0.15) is 0 Å². The molecule has 1 aromatic heterocycles. The number of piperazine rings is 1. The smallest absolute Gasteiger partial charge is 0.225 e. The highest BCUT2D eigenvalue weighted by Gasteiger charge is 2.22. The van der Waals surface area contributed by atoms with Crippen LogP contribution in [0, 0.1) is 0 Å². The maximum Gasteiger partial charge on any atom is 0.225 e. The molecule has 2 N–H and O–H groups in total. The molecule has 8 nitrogen and oxygen atoms in total. The lowest BCUT2D eigenvalue weighted by Crippen LogP contribution is -2.51. The fourth-order valence-electron chi connectivity index (χ4n) is 3.04. The molecule has 0 saturated carbocycles. The summed E-state index contributed by atoms with van der Waals surface area (Å²) in [5.41, 5.74) is 6.17. The van der Waals surface area contributed by atoms with Gasteiger partial charge >= 0.3 is 0 Å². The van der Waals surface area contributed by atoms with Gasteiger partial charge < -0.3 is 25.0 Å². The highest BCUT2D eigenvalue weighted by atomic mass is 127. The molecule has 4 rings (SSSR count). The number of hydrogen-bond acceptors (Lipinski definition) is 6. The molecule has 2 aromatic rings. The summed E-state index contributed by atoms with van der Waals surface area (Å²) in [6.07, 6.45) is 3.39. The van der Waals surface area contributed by atoms with Gasteiger partial charge in [0.1, 0.15) is 6.61 Å². The van der Waals surface area contributed by atoms with Crippen molar-refractivity contribution in [3.63, 3.8) is 0 Å². The van der Waals surface area contributed by atoms with Crippen LogP contribution in [0.15, 0.2) is 47.7 Å². The summed E-state index contributed by atoms with van der Waals surface area (Å²) in [6, 6.07) is 9.48. The third-order valence-electron chi connectivity index (χ3n) is 4.46. The maximum atomic E-state index is 6.17. The molecule has 0 bridgehead atoms. The second-order valence-corrected chi connectivity index (χ2v) is 6.22. The first-order valence-electron chi connectivity index (χ1n) is 8.75. The van der Waals surface area contributed by atoms with Crippen molar-refractivity contribution in [2.45, 2.75) is 6.10 Å². The van der Waals surface area contributed by atoms with Crippen LogP contribution >= 0.6 is 24.0 Å². The number of nitrogens with two attached hydrogens (primary N) is 1. The number of benzene rings is 1. The molecule has 1 saturated heterocycles. The van der Waals surface area contributed by atoms with Gasteiger partial charge in [-0.3, -0.25) is 0 Å². The first-order valence-corrected chi connectivity index (χ1v) is 8.75. The summed E-state index contributed by atoms with van der Waals surface area (Å²) >= 11 is 0. The van der Waals surface area contributed by atoms with E-state index in [9.17, 15) is 0 Å². The average molecular weight is 482 g/mol. The highest BCUT2D eigenvalue weighted by molar-refractivity contribution is 14.0. The number of para-hydroxylation sites is 2. The molecule has 1 fully saturated rings. The summed E-state index contributed by atoms with van der Waals surface area (Å²) in [5.74, 6) is 2.84. The number of nitrogens with zero attached hydrogens (tertiary/aromatic N) is 5. The van der Waals surface area contributed by atoms with Gasteiger partial charge in [0, 0.05) is 38.6 Å². The lowest BCUT2D eigenvalue weighted by atomic mass is 10.2. The predicted molar refractivity (Wildman–Crippen MR) is 114 cm³/mol. The van der Waals surface area contributed by atoms with E-state index in [1.165, 1.54) is 0 Å². The molecule has 2 aliphatic heterocycles. The molecule has 0 amide bonds. The molecule has 2 aliphatic rings. The van der Waals surface area contributed by atoms with Gasteiger partial charge in [0.25, 0.3) is 0 Å². The molecule has 1 unspecified atom stereocenters. The average Bonchev–Trinajstić information content (AvgIpc) is 2.72. The Bertz CT molecular complexity index is 767. The van der Waals surface area contributed by atoms with Gasteiger partial charge in [0.05, 0.1) is 6.54 Å². The molecule has 0 spiro atoms. The predicted octanol–water partition coefficient (Wildman–Crippen LogP) is 1.37. The van der Waals surface area contributed by atoms with Crippen molar-refractivity contribution in [2.75, 3.05) is 44.2 Å². The summed E-state index contributed by atoms with van der Waals surface area (Å²) in [5, 5.41) is 0. The number of rotatable bonds is 3. The Balaban J connectivity index is 0.00000210. The van der Waals surface area contributed by atoms with Crippen LogP contribution in [-0.2, 0) is 0 Å². The lowest BCUT2D eigenvalue weighted by molar-refractivity contribution is 0.0969. The van der Waals surface area contributed by atoms with Crippen LogP contribution in [0.25, 0.3) is 0 Å². The number of aromatic nitrogens is 2.